The number of nitrogens with two attached hydrogens (primary N) is 4. The number of rotatable bonds is 7. The summed E-state index contributed by atoms with van der Waals surface area (Å²) < 4.78 is 10.6. The van der Waals surface area contributed by atoms with Gasteiger partial charge in [0.1, 0.15) is 19.0 Å². The molecular formula is C31H42ClN7O4. The summed E-state index contributed by atoms with van der Waals surface area (Å²) in [5.74, 6) is 1.18. The zero-order valence-corrected chi connectivity index (χ0v) is 25.5. The molecular weight excluding hydrogens is 570 g/mol. The number of allylic oxidation sites excluding steroid dienone is 4. The normalized spacial score (nSPS) is 12.7. The van der Waals surface area contributed by atoms with Gasteiger partial charge in [0, 0.05) is 23.5 Å². The summed E-state index contributed by atoms with van der Waals surface area (Å²) in [6, 6.07) is 14.5. The van der Waals surface area contributed by atoms with Crippen LogP contribution in [-0.2, 0) is 0 Å². The molecule has 1 aliphatic rings. The van der Waals surface area contributed by atoms with E-state index in [2.05, 4.69) is 10.7 Å². The van der Waals surface area contributed by atoms with Gasteiger partial charge in [-0.3, -0.25) is 0 Å². The second-order valence-corrected chi connectivity index (χ2v) is 9.43. The Morgan fingerprint density at radius 2 is 1.44 bits per heavy atom. The molecule has 3 aromatic carbocycles. The monoisotopic (exact) mass is 611 g/mol. The van der Waals surface area contributed by atoms with E-state index >= 15 is 0 Å². The van der Waals surface area contributed by atoms with Gasteiger partial charge in [-0.1, -0.05) is 6.07 Å². The first-order valence-electron chi connectivity index (χ1n) is 13.2. The highest BCUT2D eigenvalue weighted by Crippen LogP contribution is 2.33. The third-order valence-corrected chi connectivity index (χ3v) is 5.83. The Bertz CT molecular complexity index is 1470. The maximum Gasteiger partial charge on any atom is 0.179 e. The van der Waals surface area contributed by atoms with E-state index in [9.17, 15) is 0 Å². The predicted molar refractivity (Wildman–Crippen MR) is 172 cm³/mol. The van der Waals surface area contributed by atoms with Crippen molar-refractivity contribution in [2.24, 2.45) is 4.99 Å². The topological polar surface area (TPSA) is 227 Å². The molecule has 0 fully saturated rings. The maximum atomic E-state index is 8.80. The summed E-state index contributed by atoms with van der Waals surface area (Å²) in [4.78, 5) is 4.45. The first-order chi connectivity index (χ1) is 19.9. The van der Waals surface area contributed by atoms with Gasteiger partial charge in [-0.2, -0.15) is 0 Å². The summed E-state index contributed by atoms with van der Waals surface area (Å²) in [7, 11) is 0. The second kappa shape index (κ2) is 18.1. The molecule has 232 valence electrons. The number of nitrogens with zero attached hydrogens (tertiary/aromatic N) is 1. The minimum atomic E-state index is -0.0968. The number of aliphatic hydroxyl groups excluding tert-OH is 2. The van der Waals surface area contributed by atoms with Gasteiger partial charge in [-0.25, -0.2) is 4.99 Å². The van der Waals surface area contributed by atoms with Crippen LogP contribution in [0.4, 0.5) is 34.1 Å². The smallest absolute Gasteiger partial charge is 0.179 e. The molecule has 0 bridgehead atoms. The lowest BCUT2D eigenvalue weighted by Crippen LogP contribution is -3.00. The van der Waals surface area contributed by atoms with Crippen LogP contribution >= 0.6 is 0 Å². The number of nitrogen functional groups attached to an aromatic ring is 4. The number of benzene rings is 3. The van der Waals surface area contributed by atoms with Gasteiger partial charge < -0.3 is 66.2 Å². The average molecular weight is 612 g/mol. The number of hydrogen-bond acceptors (Lipinski definition) is 10. The molecule has 3 aromatic rings. The largest absolute Gasteiger partial charge is 1.00 e. The zero-order valence-electron chi connectivity index (χ0n) is 24.7. The van der Waals surface area contributed by atoms with Crippen LogP contribution in [0.2, 0.25) is 0 Å². The fourth-order valence-electron chi connectivity index (χ4n) is 3.54. The van der Waals surface area contributed by atoms with E-state index < -0.39 is 0 Å². The molecule has 0 saturated heterocycles. The lowest BCUT2D eigenvalue weighted by atomic mass is 10.0. The fraction of sp³-hybridized carbons (Fsp3) is 0.226. The van der Waals surface area contributed by atoms with Crippen molar-refractivity contribution in [2.75, 3.05) is 49.4 Å². The zero-order chi connectivity index (χ0) is 31.2. The quantitative estimate of drug-likeness (QED) is 0.136. The number of halogens is 1. The van der Waals surface area contributed by atoms with Crippen molar-refractivity contribution >= 4 is 45.5 Å². The predicted octanol–water partition coefficient (Wildman–Crippen LogP) is 0.233. The lowest BCUT2D eigenvalue weighted by Gasteiger charge is -2.11. The Morgan fingerprint density at radius 3 is 2.00 bits per heavy atom. The Kier molecular flexibility index (Phi) is 15.3. The third kappa shape index (κ3) is 12.1. The molecule has 0 aliphatic heterocycles. The number of aliphatic hydroxyl groups is 2. The summed E-state index contributed by atoms with van der Waals surface area (Å²) in [6.45, 7) is 6.21. The van der Waals surface area contributed by atoms with Gasteiger partial charge in [0.15, 0.2) is 11.4 Å². The highest BCUT2D eigenvalue weighted by molar-refractivity contribution is 6.20. The molecule has 4 rings (SSSR count). The Labute approximate surface area is 258 Å². The Morgan fingerprint density at radius 1 is 0.791 bits per heavy atom. The first-order valence-corrected chi connectivity index (χ1v) is 13.2. The Balaban J connectivity index is 0.000000355. The van der Waals surface area contributed by atoms with Crippen LogP contribution in [0, 0.1) is 19.3 Å². The van der Waals surface area contributed by atoms with Gasteiger partial charge in [-0.15, -0.1) is 0 Å². The molecule has 0 unspecified atom stereocenters. The number of ether oxygens (including phenoxy) is 2. The van der Waals surface area contributed by atoms with E-state index in [4.69, 9.17) is 48.0 Å². The van der Waals surface area contributed by atoms with Crippen LogP contribution in [0.1, 0.15) is 18.1 Å². The van der Waals surface area contributed by atoms with E-state index in [0.717, 1.165) is 39.5 Å². The molecule has 0 spiro atoms. The van der Waals surface area contributed by atoms with Crippen molar-refractivity contribution in [3.8, 4) is 11.5 Å². The van der Waals surface area contributed by atoms with Gasteiger partial charge in [0.2, 0.25) is 0 Å². The van der Waals surface area contributed by atoms with Crippen molar-refractivity contribution in [2.45, 2.75) is 20.8 Å². The molecule has 1 aliphatic carbocycles. The molecule has 0 saturated carbocycles. The van der Waals surface area contributed by atoms with Crippen LogP contribution in [-0.4, -0.2) is 48.1 Å². The standard InChI is InChI=1S/C15H18N4O2.C9H13NO2.C7H10N2.ClH/c1-9-6-10(2-3-11(9)16)19-14-8-15(21-5-4-20)13(18)7-12(14)17;1-7-2-3-9(8(10)6-7)12-5-4-11;1-5-4-6(8)2-3-7(5)9;/h2-3,6-8,16,20H,4-5,17-18H2,1H3;2-3,6,11H,4-5,10H2,1H3;2-4H,8-9H2,1H3;1H. The SMILES string of the molecule is CC1=CC(=Nc2cc(OCCO)c(N)cc2N)C=CC1=N.Cc1cc(N)ccc1N.Cc1ccc(OCCO)c([NH3+])c1.[Cl-]. The molecule has 43 heavy (non-hydrogen) atoms. The van der Waals surface area contributed by atoms with Gasteiger partial charge >= 0.3 is 0 Å². The van der Waals surface area contributed by atoms with Gasteiger partial charge in [0.05, 0.1) is 41.7 Å². The second-order valence-electron chi connectivity index (χ2n) is 9.43. The number of hydrogen-bond donors (Lipinski definition) is 8. The first kappa shape index (κ1) is 36.5. The van der Waals surface area contributed by atoms with E-state index in [-0.39, 0.29) is 32.2 Å². The molecule has 0 heterocycles. The maximum absolute atomic E-state index is 8.80. The molecule has 0 atom stereocenters. The van der Waals surface area contributed by atoms with Crippen molar-refractivity contribution in [1.29, 1.82) is 5.41 Å². The van der Waals surface area contributed by atoms with Crippen molar-refractivity contribution in [3.05, 3.63) is 83.5 Å². The van der Waals surface area contributed by atoms with Gasteiger partial charge in [0.25, 0.3) is 0 Å². The number of quaternary nitrogens is 1. The minimum absolute atomic E-state index is 0. The van der Waals surface area contributed by atoms with E-state index in [1.807, 2.05) is 57.2 Å². The Hall–Kier alpha value is -4.55. The van der Waals surface area contributed by atoms with Crippen molar-refractivity contribution in [1.82, 2.24) is 0 Å². The van der Waals surface area contributed by atoms with Crippen molar-refractivity contribution < 1.29 is 37.8 Å². The fourth-order valence-corrected chi connectivity index (χ4v) is 3.54. The van der Waals surface area contributed by atoms with Crippen LogP contribution < -0.4 is 50.5 Å². The van der Waals surface area contributed by atoms with Crippen LogP contribution in [0.3, 0.4) is 0 Å². The van der Waals surface area contributed by atoms with Gasteiger partial charge in [-0.05, 0) is 86.0 Å². The average Bonchev–Trinajstić information content (AvgIpc) is 2.94. The number of anilines is 4. The van der Waals surface area contributed by atoms with Crippen LogP contribution in [0.25, 0.3) is 0 Å². The van der Waals surface area contributed by atoms with Crippen LogP contribution in [0.15, 0.2) is 77.3 Å². The van der Waals surface area contributed by atoms with E-state index in [1.54, 1.807) is 30.4 Å². The molecule has 0 aromatic heterocycles. The summed E-state index contributed by atoms with van der Waals surface area (Å²) >= 11 is 0. The molecule has 12 heteroatoms. The molecule has 14 N–H and O–H groups in total. The molecule has 0 amide bonds. The van der Waals surface area contributed by atoms with Crippen LogP contribution in [0.5, 0.6) is 11.5 Å². The molecule has 11 nitrogen and oxygen atoms in total. The van der Waals surface area contributed by atoms with Crippen molar-refractivity contribution in [3.63, 3.8) is 0 Å². The highest BCUT2D eigenvalue weighted by atomic mass is 35.5. The minimum Gasteiger partial charge on any atom is -1.00 e. The number of nitrogens with one attached hydrogen (secondary N) is 1. The summed E-state index contributed by atoms with van der Waals surface area (Å²) in [5, 5.41) is 25.0. The lowest BCUT2D eigenvalue weighted by molar-refractivity contribution is -0.256. The number of aryl methyl sites for hydroxylation is 2. The number of aliphatic imine (C=N–C) groups is 1. The van der Waals surface area contributed by atoms with E-state index in [0.29, 0.717) is 40.8 Å². The highest BCUT2D eigenvalue weighted by Gasteiger charge is 2.09. The van der Waals surface area contributed by atoms with E-state index in [1.165, 1.54) is 0 Å². The third-order valence-electron chi connectivity index (χ3n) is 5.83. The molecule has 0 radical (unpaired) electrons. The summed E-state index contributed by atoms with van der Waals surface area (Å²) in [6.07, 6.45) is 5.25. The summed E-state index contributed by atoms with van der Waals surface area (Å²) in [5.41, 5.74) is 34.6.